The number of fused-ring (bicyclic) bond motifs is 4. The summed E-state index contributed by atoms with van der Waals surface area (Å²) in [6.07, 6.45) is 4.30. The number of thiophene rings is 1. The number of nitrogens with one attached hydrogen (secondary N) is 1. The van der Waals surface area contributed by atoms with Crippen molar-refractivity contribution < 1.29 is 18.9 Å². The highest BCUT2D eigenvalue weighted by Gasteiger charge is 2.20. The van der Waals surface area contributed by atoms with E-state index in [0.717, 1.165) is 40.6 Å². The van der Waals surface area contributed by atoms with Crippen molar-refractivity contribution in [3.8, 4) is 34.4 Å². The summed E-state index contributed by atoms with van der Waals surface area (Å²) in [6, 6.07) is 11.2. The Hall–Kier alpha value is -3.52. The molecule has 0 saturated heterocycles. The van der Waals surface area contributed by atoms with Crippen molar-refractivity contribution in [3.63, 3.8) is 0 Å². The first-order valence-corrected chi connectivity index (χ1v) is 11.8. The van der Waals surface area contributed by atoms with E-state index in [2.05, 4.69) is 4.98 Å². The van der Waals surface area contributed by atoms with E-state index in [9.17, 15) is 4.79 Å². The number of ether oxygens (including phenoxy) is 4. The summed E-state index contributed by atoms with van der Waals surface area (Å²) >= 11 is 1.65. The number of nitrogens with zero attached hydrogens (tertiary/aromatic N) is 1. The molecule has 3 heterocycles. The average molecular weight is 463 g/mol. The largest absolute Gasteiger partial charge is 0.496 e. The second-order valence-electron chi connectivity index (χ2n) is 8.14. The summed E-state index contributed by atoms with van der Waals surface area (Å²) in [5.41, 5.74) is 2.78. The molecule has 0 fully saturated rings. The fraction of sp³-hybridized carbons (Fsp3) is 0.280. The molecule has 0 radical (unpaired) electrons. The molecule has 0 spiro atoms. The topological polar surface area (TPSA) is 82.7 Å². The molecule has 0 atom stereocenters. The van der Waals surface area contributed by atoms with E-state index >= 15 is 0 Å². The number of aromatic nitrogens is 2. The third-order valence-corrected chi connectivity index (χ3v) is 7.30. The molecule has 7 nitrogen and oxygen atoms in total. The normalized spacial score (nSPS) is 14.3. The van der Waals surface area contributed by atoms with Crippen LogP contribution in [0.25, 0.3) is 21.6 Å². The lowest BCUT2D eigenvalue weighted by Gasteiger charge is -2.12. The Morgan fingerprint density at radius 3 is 2.88 bits per heavy atom. The van der Waals surface area contributed by atoms with Gasteiger partial charge in [0.1, 0.15) is 28.8 Å². The minimum Gasteiger partial charge on any atom is -0.496 e. The van der Waals surface area contributed by atoms with Gasteiger partial charge in [-0.2, -0.15) is 0 Å². The maximum absolute atomic E-state index is 13.0. The highest BCUT2D eigenvalue weighted by Crippen LogP contribution is 2.36. The van der Waals surface area contributed by atoms with Crippen LogP contribution in [-0.4, -0.2) is 23.9 Å². The van der Waals surface area contributed by atoms with Crippen LogP contribution in [0.15, 0.2) is 41.2 Å². The van der Waals surface area contributed by atoms with Crippen molar-refractivity contribution in [1.29, 1.82) is 0 Å². The minimum absolute atomic E-state index is 0.0663. The number of hydrogen-bond donors (Lipinski definition) is 1. The van der Waals surface area contributed by atoms with Gasteiger partial charge < -0.3 is 23.9 Å². The van der Waals surface area contributed by atoms with Crippen LogP contribution >= 0.6 is 11.3 Å². The van der Waals surface area contributed by atoms with Gasteiger partial charge in [-0.05, 0) is 61.6 Å². The molecule has 33 heavy (non-hydrogen) atoms. The molecule has 0 bridgehead atoms. The molecule has 1 N–H and O–H groups in total. The van der Waals surface area contributed by atoms with Crippen molar-refractivity contribution in [2.45, 2.75) is 32.3 Å². The Balaban J connectivity index is 1.32. The first kappa shape index (κ1) is 20.1. The van der Waals surface area contributed by atoms with E-state index < -0.39 is 0 Å². The molecule has 1 aliphatic carbocycles. The summed E-state index contributed by atoms with van der Waals surface area (Å²) in [5.74, 6) is 3.31. The fourth-order valence-corrected chi connectivity index (χ4v) is 5.73. The molecule has 6 rings (SSSR count). The summed E-state index contributed by atoms with van der Waals surface area (Å²) in [7, 11) is 1.63. The summed E-state index contributed by atoms with van der Waals surface area (Å²) in [6.45, 7) is 0.508. The highest BCUT2D eigenvalue weighted by molar-refractivity contribution is 7.18. The third-order valence-electron chi connectivity index (χ3n) is 6.12. The molecular weight excluding hydrogens is 440 g/mol. The zero-order chi connectivity index (χ0) is 22.4. The summed E-state index contributed by atoms with van der Waals surface area (Å²) in [4.78, 5) is 22.9. The standard InChI is InChI=1S/C25H22N2O5S/c1-29-18-8-6-14(10-15(18)12-30-16-7-9-19-20(11-16)32-13-31-19)23-26-24(28)22-17-4-2-3-5-21(17)33-25(22)27-23/h6-11H,2-5,12-13H2,1H3,(H,26,27,28). The quantitative estimate of drug-likeness (QED) is 0.457. The van der Waals surface area contributed by atoms with Gasteiger partial charge in [-0.25, -0.2) is 4.98 Å². The molecular formula is C25H22N2O5S. The molecule has 0 saturated carbocycles. The van der Waals surface area contributed by atoms with Crippen LogP contribution in [0.2, 0.25) is 0 Å². The highest BCUT2D eigenvalue weighted by atomic mass is 32.1. The Morgan fingerprint density at radius 1 is 1.09 bits per heavy atom. The second-order valence-corrected chi connectivity index (χ2v) is 9.22. The molecule has 0 unspecified atom stereocenters. The van der Waals surface area contributed by atoms with Crippen LogP contribution in [0.5, 0.6) is 23.0 Å². The number of benzene rings is 2. The van der Waals surface area contributed by atoms with E-state index in [4.69, 9.17) is 23.9 Å². The number of rotatable bonds is 5. The van der Waals surface area contributed by atoms with Crippen molar-refractivity contribution in [1.82, 2.24) is 9.97 Å². The van der Waals surface area contributed by atoms with Crippen molar-refractivity contribution in [3.05, 3.63) is 62.8 Å². The summed E-state index contributed by atoms with van der Waals surface area (Å²) in [5, 5.41) is 0.762. The van der Waals surface area contributed by atoms with E-state index in [1.54, 1.807) is 18.4 Å². The first-order chi connectivity index (χ1) is 16.2. The van der Waals surface area contributed by atoms with Crippen LogP contribution in [0, 0.1) is 0 Å². The third kappa shape index (κ3) is 3.60. The van der Waals surface area contributed by atoms with Gasteiger partial charge in [-0.1, -0.05) is 0 Å². The van der Waals surface area contributed by atoms with Crippen molar-refractivity contribution in [2.24, 2.45) is 0 Å². The molecule has 168 valence electrons. The number of aromatic amines is 1. The van der Waals surface area contributed by atoms with Gasteiger partial charge >= 0.3 is 0 Å². The van der Waals surface area contributed by atoms with Crippen LogP contribution in [0.1, 0.15) is 28.8 Å². The average Bonchev–Trinajstić information content (AvgIpc) is 3.46. The lowest BCUT2D eigenvalue weighted by molar-refractivity contribution is 0.173. The zero-order valence-electron chi connectivity index (χ0n) is 18.1. The Labute approximate surface area is 193 Å². The van der Waals surface area contributed by atoms with Gasteiger partial charge in [-0.3, -0.25) is 4.79 Å². The molecule has 4 aromatic rings. The molecule has 0 amide bonds. The van der Waals surface area contributed by atoms with Crippen LogP contribution in [0.3, 0.4) is 0 Å². The van der Waals surface area contributed by atoms with E-state index in [1.165, 1.54) is 16.9 Å². The smallest absolute Gasteiger partial charge is 0.260 e. The predicted molar refractivity (Wildman–Crippen MR) is 126 cm³/mol. The van der Waals surface area contributed by atoms with Crippen LogP contribution < -0.4 is 24.5 Å². The summed E-state index contributed by atoms with van der Waals surface area (Å²) < 4.78 is 22.3. The molecule has 2 aromatic carbocycles. The monoisotopic (exact) mass is 462 g/mol. The zero-order valence-corrected chi connectivity index (χ0v) is 18.9. The Kier molecular flexibility index (Phi) is 4.95. The number of aryl methyl sites for hydroxylation is 2. The van der Waals surface area contributed by atoms with E-state index in [-0.39, 0.29) is 19.0 Å². The van der Waals surface area contributed by atoms with Gasteiger partial charge in [0, 0.05) is 22.1 Å². The Morgan fingerprint density at radius 2 is 1.97 bits per heavy atom. The second kappa shape index (κ2) is 8.12. The van der Waals surface area contributed by atoms with Gasteiger partial charge in [0.25, 0.3) is 5.56 Å². The maximum atomic E-state index is 13.0. The SMILES string of the molecule is COc1ccc(-c2nc3sc4c(c3c(=O)[nH]2)CCCC4)cc1COc1ccc2c(c1)OCO2. The number of methoxy groups -OCH3 is 1. The van der Waals surface area contributed by atoms with Gasteiger partial charge in [0.15, 0.2) is 11.5 Å². The van der Waals surface area contributed by atoms with Gasteiger partial charge in [0.05, 0.1) is 12.5 Å². The Bertz CT molecular complexity index is 1420. The fourth-order valence-electron chi connectivity index (χ4n) is 4.47. The number of H-pyrrole nitrogens is 1. The van der Waals surface area contributed by atoms with Gasteiger partial charge in [-0.15, -0.1) is 11.3 Å². The van der Waals surface area contributed by atoms with Crippen molar-refractivity contribution in [2.75, 3.05) is 13.9 Å². The first-order valence-electron chi connectivity index (χ1n) is 10.9. The lowest BCUT2D eigenvalue weighted by atomic mass is 9.97. The van der Waals surface area contributed by atoms with E-state index in [0.29, 0.717) is 28.8 Å². The molecule has 2 aliphatic rings. The molecule has 8 heteroatoms. The lowest BCUT2D eigenvalue weighted by Crippen LogP contribution is -2.11. The predicted octanol–water partition coefficient (Wildman–Crippen LogP) is 4.85. The van der Waals surface area contributed by atoms with Crippen molar-refractivity contribution >= 4 is 21.6 Å². The van der Waals surface area contributed by atoms with E-state index in [1.807, 2.05) is 36.4 Å². The minimum atomic E-state index is -0.0663. The maximum Gasteiger partial charge on any atom is 0.260 e. The van der Waals surface area contributed by atoms with Crippen LogP contribution in [0.4, 0.5) is 0 Å². The number of hydrogen-bond acceptors (Lipinski definition) is 7. The van der Waals surface area contributed by atoms with Gasteiger partial charge in [0.2, 0.25) is 6.79 Å². The molecule has 1 aliphatic heterocycles. The molecule has 2 aromatic heterocycles. The van der Waals surface area contributed by atoms with Crippen LogP contribution in [-0.2, 0) is 19.4 Å².